The maximum Gasteiger partial charge on any atom is 0.416 e. The summed E-state index contributed by atoms with van der Waals surface area (Å²) in [4.78, 5) is 13.9. The van der Waals surface area contributed by atoms with E-state index in [1.807, 2.05) is 13.8 Å². The molecular weight excluding hydrogens is 499 g/mol. The Bertz CT molecular complexity index is 1160. The van der Waals surface area contributed by atoms with Crippen LogP contribution in [-0.4, -0.2) is 45.6 Å². The number of nitrogens with zero attached hydrogens (tertiary/aromatic N) is 1. The molecule has 1 saturated heterocycles. The summed E-state index contributed by atoms with van der Waals surface area (Å²) >= 11 is 0. The molecule has 1 amide bonds. The van der Waals surface area contributed by atoms with Crippen molar-refractivity contribution in [3.05, 3.63) is 53.6 Å². The number of carbonyl (C=O) groups excluding carboxylic acids is 1. The molecule has 0 radical (unpaired) electrons. The fourth-order valence-corrected chi connectivity index (χ4v) is 4.85. The molecule has 2 aromatic carbocycles. The van der Waals surface area contributed by atoms with Gasteiger partial charge in [0.25, 0.3) is 0 Å². The van der Waals surface area contributed by atoms with Gasteiger partial charge in [-0.3, -0.25) is 4.79 Å². The van der Waals surface area contributed by atoms with Gasteiger partial charge in [0.05, 0.1) is 18.8 Å². The predicted octanol–water partition coefficient (Wildman–Crippen LogP) is 5.04. The van der Waals surface area contributed by atoms with E-state index < -0.39 is 26.8 Å². The van der Waals surface area contributed by atoms with Crippen LogP contribution < -0.4 is 8.92 Å². The van der Waals surface area contributed by atoms with E-state index in [4.69, 9.17) is 13.7 Å². The Morgan fingerprint density at radius 3 is 2.53 bits per heavy atom. The number of alkyl halides is 3. The molecule has 0 aromatic heterocycles. The van der Waals surface area contributed by atoms with Crippen molar-refractivity contribution in [2.45, 2.75) is 56.8 Å². The van der Waals surface area contributed by atoms with Crippen LogP contribution in [0.15, 0.2) is 47.4 Å². The summed E-state index contributed by atoms with van der Waals surface area (Å²) < 4.78 is 80.9. The van der Waals surface area contributed by atoms with E-state index in [1.165, 1.54) is 19.2 Å². The standard InChI is InChI=1S/C25H30F3NO6S/c1-17(2)12-24(30)29(16-20-7-5-11-34-20)15-18-9-10-22(33-3)23(13-18)35-36(31,32)21-8-4-6-19(14-21)25(26,27)28/h4,6,8-10,13-14,17,20H,5,7,11-12,15-16H2,1-3H3/t20-/m0/s1. The van der Waals surface area contributed by atoms with Gasteiger partial charge in [0, 0.05) is 26.1 Å². The van der Waals surface area contributed by atoms with E-state index in [9.17, 15) is 26.4 Å². The molecule has 2 aromatic rings. The number of amides is 1. The summed E-state index contributed by atoms with van der Waals surface area (Å²) in [6.07, 6.45) is -2.67. The maximum absolute atomic E-state index is 13.1. The van der Waals surface area contributed by atoms with Crippen LogP contribution in [-0.2, 0) is 32.4 Å². The molecule has 0 unspecified atom stereocenters. The minimum atomic E-state index is -4.71. The zero-order valence-electron chi connectivity index (χ0n) is 20.4. The van der Waals surface area contributed by atoms with Crippen LogP contribution in [0.1, 0.15) is 44.2 Å². The first-order chi connectivity index (χ1) is 16.9. The number of methoxy groups -OCH3 is 1. The van der Waals surface area contributed by atoms with E-state index >= 15 is 0 Å². The minimum Gasteiger partial charge on any atom is -0.493 e. The fourth-order valence-electron chi connectivity index (χ4n) is 3.87. The van der Waals surface area contributed by atoms with Gasteiger partial charge in [-0.25, -0.2) is 0 Å². The third-order valence-electron chi connectivity index (χ3n) is 5.63. The van der Waals surface area contributed by atoms with Crippen molar-refractivity contribution in [3.8, 4) is 11.5 Å². The summed E-state index contributed by atoms with van der Waals surface area (Å²) in [6, 6.07) is 7.88. The Morgan fingerprint density at radius 2 is 1.92 bits per heavy atom. The van der Waals surface area contributed by atoms with Crippen molar-refractivity contribution in [3.63, 3.8) is 0 Å². The highest BCUT2D eigenvalue weighted by molar-refractivity contribution is 7.87. The Hall–Kier alpha value is -2.79. The molecule has 1 atom stereocenters. The Morgan fingerprint density at radius 1 is 1.17 bits per heavy atom. The minimum absolute atomic E-state index is 0.0598. The molecule has 0 bridgehead atoms. The largest absolute Gasteiger partial charge is 0.493 e. The zero-order valence-corrected chi connectivity index (χ0v) is 21.2. The predicted molar refractivity (Wildman–Crippen MR) is 126 cm³/mol. The first-order valence-corrected chi connectivity index (χ1v) is 13.0. The van der Waals surface area contributed by atoms with Crippen molar-refractivity contribution in [1.82, 2.24) is 4.90 Å². The van der Waals surface area contributed by atoms with Crippen LogP contribution in [0.3, 0.4) is 0 Å². The maximum atomic E-state index is 13.1. The lowest BCUT2D eigenvalue weighted by atomic mass is 10.1. The summed E-state index contributed by atoms with van der Waals surface area (Å²) in [5.74, 6) is -0.0264. The van der Waals surface area contributed by atoms with Gasteiger partial charge in [0.15, 0.2) is 11.5 Å². The number of carbonyl (C=O) groups is 1. The number of hydrogen-bond donors (Lipinski definition) is 0. The highest BCUT2D eigenvalue weighted by atomic mass is 32.2. The number of hydrogen-bond acceptors (Lipinski definition) is 6. The fraction of sp³-hybridized carbons (Fsp3) is 0.480. The number of rotatable bonds is 10. The third kappa shape index (κ3) is 7.36. The van der Waals surface area contributed by atoms with Crippen LogP contribution in [0.4, 0.5) is 13.2 Å². The highest BCUT2D eigenvalue weighted by Gasteiger charge is 2.32. The van der Waals surface area contributed by atoms with E-state index in [0.29, 0.717) is 31.2 Å². The third-order valence-corrected chi connectivity index (χ3v) is 6.86. The molecule has 3 rings (SSSR count). The van der Waals surface area contributed by atoms with E-state index in [-0.39, 0.29) is 36.0 Å². The lowest BCUT2D eigenvalue weighted by Crippen LogP contribution is -2.37. The quantitative estimate of drug-likeness (QED) is 0.402. The lowest BCUT2D eigenvalue weighted by Gasteiger charge is -2.26. The van der Waals surface area contributed by atoms with Crippen molar-refractivity contribution in [2.75, 3.05) is 20.3 Å². The van der Waals surface area contributed by atoms with Gasteiger partial charge in [0.1, 0.15) is 4.90 Å². The van der Waals surface area contributed by atoms with Crippen molar-refractivity contribution >= 4 is 16.0 Å². The first-order valence-electron chi connectivity index (χ1n) is 11.6. The second kappa shape index (κ2) is 11.5. The second-order valence-electron chi connectivity index (χ2n) is 9.06. The normalized spacial score (nSPS) is 16.2. The monoisotopic (exact) mass is 529 g/mol. The van der Waals surface area contributed by atoms with Crippen molar-refractivity contribution in [2.24, 2.45) is 5.92 Å². The van der Waals surface area contributed by atoms with Crippen LogP contribution in [0.5, 0.6) is 11.5 Å². The van der Waals surface area contributed by atoms with Gasteiger partial charge in [-0.2, -0.15) is 21.6 Å². The highest BCUT2D eigenvalue weighted by Crippen LogP contribution is 2.34. The molecule has 0 N–H and O–H groups in total. The molecule has 1 aliphatic rings. The second-order valence-corrected chi connectivity index (χ2v) is 10.6. The average Bonchev–Trinajstić information content (AvgIpc) is 3.31. The first kappa shape index (κ1) is 27.8. The van der Waals surface area contributed by atoms with Crippen LogP contribution in [0, 0.1) is 5.92 Å². The van der Waals surface area contributed by atoms with Gasteiger partial charge in [-0.15, -0.1) is 0 Å². The molecule has 1 aliphatic heterocycles. The average molecular weight is 530 g/mol. The topological polar surface area (TPSA) is 82.1 Å². The van der Waals surface area contributed by atoms with Gasteiger partial charge < -0.3 is 18.6 Å². The molecule has 198 valence electrons. The molecule has 0 saturated carbocycles. The summed E-state index contributed by atoms with van der Waals surface area (Å²) in [5, 5.41) is 0. The van der Waals surface area contributed by atoms with E-state index in [1.54, 1.807) is 11.0 Å². The smallest absolute Gasteiger partial charge is 0.416 e. The molecule has 0 spiro atoms. The summed E-state index contributed by atoms with van der Waals surface area (Å²) in [7, 11) is -3.29. The Kier molecular flexibility index (Phi) is 8.89. The molecule has 0 aliphatic carbocycles. The van der Waals surface area contributed by atoms with Crippen molar-refractivity contribution in [1.29, 1.82) is 0 Å². The van der Waals surface area contributed by atoms with Crippen LogP contribution >= 0.6 is 0 Å². The van der Waals surface area contributed by atoms with Gasteiger partial charge in [0.2, 0.25) is 5.91 Å². The number of benzene rings is 2. The molecular formula is C25H30F3NO6S. The van der Waals surface area contributed by atoms with Gasteiger partial charge in [-0.05, 0) is 54.7 Å². The molecule has 1 heterocycles. The zero-order chi connectivity index (χ0) is 26.5. The van der Waals surface area contributed by atoms with Crippen LogP contribution in [0.2, 0.25) is 0 Å². The lowest BCUT2D eigenvalue weighted by molar-refractivity contribution is -0.137. The molecule has 7 nitrogen and oxygen atoms in total. The number of halogens is 3. The number of ether oxygens (including phenoxy) is 2. The Labute approximate surface area is 209 Å². The summed E-state index contributed by atoms with van der Waals surface area (Å²) in [5.41, 5.74) is -0.540. The molecule has 1 fully saturated rings. The van der Waals surface area contributed by atoms with Crippen molar-refractivity contribution < 1.29 is 40.0 Å². The van der Waals surface area contributed by atoms with E-state index in [2.05, 4.69) is 0 Å². The molecule has 11 heteroatoms. The van der Waals surface area contributed by atoms with Gasteiger partial charge in [-0.1, -0.05) is 26.0 Å². The van der Waals surface area contributed by atoms with Crippen LogP contribution in [0.25, 0.3) is 0 Å². The Balaban J connectivity index is 1.87. The SMILES string of the molecule is COc1ccc(CN(C[C@@H]2CCCO2)C(=O)CC(C)C)cc1OS(=O)(=O)c1cccc(C(F)(F)F)c1. The van der Waals surface area contributed by atoms with Gasteiger partial charge >= 0.3 is 16.3 Å². The van der Waals surface area contributed by atoms with E-state index in [0.717, 1.165) is 31.0 Å². The molecule has 36 heavy (non-hydrogen) atoms. The summed E-state index contributed by atoms with van der Waals surface area (Å²) in [6.45, 7) is 5.11.